The van der Waals surface area contributed by atoms with Crippen LogP contribution < -0.4 is 5.32 Å². The van der Waals surface area contributed by atoms with Gasteiger partial charge in [0.25, 0.3) is 0 Å². The van der Waals surface area contributed by atoms with Crippen LogP contribution in [-0.4, -0.2) is 18.9 Å². The summed E-state index contributed by atoms with van der Waals surface area (Å²) in [4.78, 5) is 12.2. The second-order valence-corrected chi connectivity index (χ2v) is 5.70. The number of nitrogens with zero attached hydrogens (tertiary/aromatic N) is 1. The number of benzene rings is 1. The molecule has 2 rings (SSSR count). The molecule has 0 saturated carbocycles. The largest absolute Gasteiger partial charge is 0.294 e. The Morgan fingerprint density at radius 1 is 1.25 bits per heavy atom. The lowest BCUT2D eigenvalue weighted by Gasteiger charge is -2.20. The Hall–Kier alpha value is -0.190. The molecular weight excluding hydrogens is 334 g/mol. The molecule has 0 bridgehead atoms. The molecule has 1 aromatic rings. The SMILES string of the molecule is O=C(c1ccc(Br)cc1Br)C1CC[N]CC1. The summed E-state index contributed by atoms with van der Waals surface area (Å²) in [6, 6.07) is 5.70. The third kappa shape index (κ3) is 2.73. The quantitative estimate of drug-likeness (QED) is 0.756. The summed E-state index contributed by atoms with van der Waals surface area (Å²) in [6.45, 7) is 1.65. The van der Waals surface area contributed by atoms with Crippen LogP contribution in [-0.2, 0) is 0 Å². The van der Waals surface area contributed by atoms with Gasteiger partial charge in [-0.3, -0.25) is 4.79 Å². The van der Waals surface area contributed by atoms with Crippen molar-refractivity contribution in [1.82, 2.24) is 5.32 Å². The molecular formula is C12H12Br2NO. The normalized spacial score (nSPS) is 17.4. The lowest BCUT2D eigenvalue weighted by Crippen LogP contribution is -2.28. The zero-order valence-corrected chi connectivity index (χ0v) is 11.9. The van der Waals surface area contributed by atoms with Crippen LogP contribution in [0.3, 0.4) is 0 Å². The van der Waals surface area contributed by atoms with E-state index in [1.807, 2.05) is 18.2 Å². The Morgan fingerprint density at radius 2 is 1.94 bits per heavy atom. The molecule has 16 heavy (non-hydrogen) atoms. The van der Waals surface area contributed by atoms with Crippen molar-refractivity contribution in [3.8, 4) is 0 Å². The van der Waals surface area contributed by atoms with Gasteiger partial charge in [-0.15, -0.1) is 0 Å². The van der Waals surface area contributed by atoms with E-state index in [2.05, 4.69) is 37.2 Å². The average molecular weight is 346 g/mol. The van der Waals surface area contributed by atoms with Crippen LogP contribution in [0.2, 0.25) is 0 Å². The van der Waals surface area contributed by atoms with Crippen molar-refractivity contribution in [3.63, 3.8) is 0 Å². The number of Topliss-reactive ketones (excluding diaryl/α,β-unsaturated/α-hetero) is 1. The predicted molar refractivity (Wildman–Crippen MR) is 70.8 cm³/mol. The van der Waals surface area contributed by atoms with Crippen molar-refractivity contribution >= 4 is 37.6 Å². The summed E-state index contributed by atoms with van der Waals surface area (Å²) < 4.78 is 1.85. The number of piperidine rings is 1. The first kappa shape index (κ1) is 12.3. The monoisotopic (exact) mass is 344 g/mol. The van der Waals surface area contributed by atoms with Crippen LogP contribution in [0.4, 0.5) is 0 Å². The fourth-order valence-electron chi connectivity index (χ4n) is 1.92. The smallest absolute Gasteiger partial charge is 0.167 e. The summed E-state index contributed by atoms with van der Waals surface area (Å²) in [7, 11) is 0. The number of ketones is 1. The van der Waals surface area contributed by atoms with Crippen molar-refractivity contribution in [3.05, 3.63) is 32.7 Å². The van der Waals surface area contributed by atoms with Gasteiger partial charge in [0.15, 0.2) is 5.78 Å². The van der Waals surface area contributed by atoms with Crippen molar-refractivity contribution < 1.29 is 4.79 Å². The molecule has 0 aromatic heterocycles. The first-order chi connectivity index (χ1) is 7.68. The van der Waals surface area contributed by atoms with Crippen LogP contribution in [0.1, 0.15) is 23.2 Å². The number of rotatable bonds is 2. The van der Waals surface area contributed by atoms with Crippen molar-refractivity contribution in [1.29, 1.82) is 0 Å². The first-order valence-corrected chi connectivity index (χ1v) is 6.89. The number of hydrogen-bond acceptors (Lipinski definition) is 1. The van der Waals surface area contributed by atoms with Gasteiger partial charge in [0.2, 0.25) is 0 Å². The Balaban J connectivity index is 2.19. The lowest BCUT2D eigenvalue weighted by molar-refractivity contribution is 0.0893. The standard InChI is InChI=1S/C12H12Br2NO/c13-9-1-2-10(11(14)7-9)12(16)8-3-5-15-6-4-8/h1-2,7-8H,3-6H2. The second kappa shape index (κ2) is 5.43. The Kier molecular flexibility index (Phi) is 4.16. The van der Waals surface area contributed by atoms with E-state index >= 15 is 0 Å². The third-order valence-electron chi connectivity index (χ3n) is 2.84. The number of halogens is 2. The molecule has 1 fully saturated rings. The van der Waals surface area contributed by atoms with Gasteiger partial charge in [-0.2, -0.15) is 0 Å². The zero-order valence-electron chi connectivity index (χ0n) is 8.75. The number of hydrogen-bond donors (Lipinski definition) is 0. The molecule has 1 radical (unpaired) electrons. The van der Waals surface area contributed by atoms with Gasteiger partial charge in [0.05, 0.1) is 0 Å². The Labute approximate surface area is 112 Å². The van der Waals surface area contributed by atoms with E-state index in [1.165, 1.54) is 0 Å². The molecule has 85 valence electrons. The average Bonchev–Trinajstić information content (AvgIpc) is 2.29. The zero-order chi connectivity index (χ0) is 11.5. The molecule has 0 unspecified atom stereocenters. The van der Waals surface area contributed by atoms with E-state index in [9.17, 15) is 4.79 Å². The van der Waals surface area contributed by atoms with Crippen LogP contribution in [0.15, 0.2) is 27.1 Å². The maximum Gasteiger partial charge on any atom is 0.167 e. The van der Waals surface area contributed by atoms with Crippen molar-refractivity contribution in [2.75, 3.05) is 13.1 Å². The van der Waals surface area contributed by atoms with Gasteiger partial charge in [0, 0.05) is 33.5 Å². The molecule has 0 amide bonds. The summed E-state index contributed by atoms with van der Waals surface area (Å²) in [5.41, 5.74) is 0.787. The summed E-state index contributed by atoms with van der Waals surface area (Å²) >= 11 is 6.83. The minimum Gasteiger partial charge on any atom is -0.294 e. The minimum absolute atomic E-state index is 0.148. The predicted octanol–water partition coefficient (Wildman–Crippen LogP) is 3.41. The van der Waals surface area contributed by atoms with Gasteiger partial charge < -0.3 is 0 Å². The molecule has 1 aliphatic rings. The highest BCUT2D eigenvalue weighted by Gasteiger charge is 2.23. The number of carbonyl (C=O) groups excluding carboxylic acids is 1. The Bertz CT molecular complexity index is 400. The van der Waals surface area contributed by atoms with Crippen LogP contribution in [0.5, 0.6) is 0 Å². The van der Waals surface area contributed by atoms with Gasteiger partial charge in [-0.25, -0.2) is 5.32 Å². The highest BCUT2D eigenvalue weighted by atomic mass is 79.9. The summed E-state index contributed by atoms with van der Waals surface area (Å²) in [5, 5.41) is 4.27. The lowest BCUT2D eigenvalue weighted by atomic mass is 9.90. The first-order valence-electron chi connectivity index (χ1n) is 5.31. The maximum atomic E-state index is 12.2. The van der Waals surface area contributed by atoms with Crippen LogP contribution in [0.25, 0.3) is 0 Å². The van der Waals surface area contributed by atoms with E-state index in [0.717, 1.165) is 40.4 Å². The second-order valence-electron chi connectivity index (χ2n) is 3.93. The summed E-state index contributed by atoms with van der Waals surface area (Å²) in [6.07, 6.45) is 1.78. The van der Waals surface area contributed by atoms with Gasteiger partial charge in [-0.1, -0.05) is 31.9 Å². The summed E-state index contributed by atoms with van der Waals surface area (Å²) in [5.74, 6) is 0.393. The van der Waals surface area contributed by atoms with Crippen molar-refractivity contribution in [2.45, 2.75) is 12.8 Å². The molecule has 1 saturated heterocycles. The minimum atomic E-state index is 0.148. The fourth-order valence-corrected chi connectivity index (χ4v) is 3.16. The molecule has 4 heteroatoms. The van der Waals surface area contributed by atoms with E-state index in [4.69, 9.17) is 0 Å². The Morgan fingerprint density at radius 3 is 2.56 bits per heavy atom. The maximum absolute atomic E-state index is 12.2. The van der Waals surface area contributed by atoms with E-state index in [-0.39, 0.29) is 11.7 Å². The molecule has 0 N–H and O–H groups in total. The van der Waals surface area contributed by atoms with E-state index < -0.39 is 0 Å². The van der Waals surface area contributed by atoms with Crippen LogP contribution in [0, 0.1) is 5.92 Å². The topological polar surface area (TPSA) is 31.2 Å². The molecule has 1 aliphatic heterocycles. The molecule has 1 aromatic carbocycles. The highest BCUT2D eigenvalue weighted by molar-refractivity contribution is 9.11. The third-order valence-corrected chi connectivity index (χ3v) is 3.99. The van der Waals surface area contributed by atoms with Crippen molar-refractivity contribution in [2.24, 2.45) is 5.92 Å². The number of carbonyl (C=O) groups is 1. The molecule has 0 spiro atoms. The highest BCUT2D eigenvalue weighted by Crippen LogP contribution is 2.26. The molecule has 1 heterocycles. The van der Waals surface area contributed by atoms with E-state index in [0.29, 0.717) is 0 Å². The molecule has 0 atom stereocenters. The molecule has 0 aliphatic carbocycles. The van der Waals surface area contributed by atoms with Crippen LogP contribution >= 0.6 is 31.9 Å². The van der Waals surface area contributed by atoms with E-state index in [1.54, 1.807) is 0 Å². The fraction of sp³-hybridized carbons (Fsp3) is 0.417. The molecule has 2 nitrogen and oxygen atoms in total. The van der Waals surface area contributed by atoms with Gasteiger partial charge in [-0.05, 0) is 31.0 Å². The van der Waals surface area contributed by atoms with Gasteiger partial charge in [0.1, 0.15) is 0 Å². The van der Waals surface area contributed by atoms with Gasteiger partial charge >= 0.3 is 0 Å².